The smallest absolute Gasteiger partial charge is 0.134 e. The molecule has 1 atom stereocenters. The molecule has 1 aliphatic heterocycles. The minimum Gasteiger partial charge on any atom is -0.317 e. The maximum absolute atomic E-state index is 13.9. The first kappa shape index (κ1) is 16.0. The molecule has 1 aliphatic rings. The summed E-state index contributed by atoms with van der Waals surface area (Å²) in [5, 5.41) is 11.4. The number of hydrogen-bond acceptors (Lipinski definition) is 3. The van der Waals surface area contributed by atoms with Gasteiger partial charge < -0.3 is 5.32 Å². The lowest BCUT2D eigenvalue weighted by molar-refractivity contribution is 0.370. The summed E-state index contributed by atoms with van der Waals surface area (Å²) in [6.07, 6.45) is 4.70. The van der Waals surface area contributed by atoms with Gasteiger partial charge in [0.05, 0.1) is 11.7 Å². The molecule has 1 N–H and O–H groups in total. The van der Waals surface area contributed by atoms with Gasteiger partial charge in [-0.1, -0.05) is 5.21 Å². The Balaban J connectivity index is 1.77. The van der Waals surface area contributed by atoms with Crippen LogP contribution < -0.4 is 5.32 Å². The van der Waals surface area contributed by atoms with Crippen molar-refractivity contribution in [1.29, 1.82) is 0 Å². The highest BCUT2D eigenvalue weighted by Crippen LogP contribution is 2.25. The standard InChI is InChI=1S/C16H19F3N4/c1-10(16-14(18)7-12(17)8-15(16)19)23-9-13(21-22-23)6-11-2-4-20-5-3-11/h7-11,20H,2-6H2,1H3/t10-/m0/s1. The van der Waals surface area contributed by atoms with Gasteiger partial charge in [-0.05, 0) is 45.2 Å². The quantitative estimate of drug-likeness (QED) is 0.940. The van der Waals surface area contributed by atoms with E-state index in [1.807, 2.05) is 0 Å². The molecule has 4 nitrogen and oxygen atoms in total. The summed E-state index contributed by atoms with van der Waals surface area (Å²) >= 11 is 0. The lowest BCUT2D eigenvalue weighted by Gasteiger charge is -2.21. The van der Waals surface area contributed by atoms with Crippen LogP contribution in [0.25, 0.3) is 0 Å². The van der Waals surface area contributed by atoms with Gasteiger partial charge >= 0.3 is 0 Å². The van der Waals surface area contributed by atoms with Gasteiger partial charge in [-0.15, -0.1) is 5.10 Å². The molecule has 0 saturated carbocycles. The van der Waals surface area contributed by atoms with Crippen molar-refractivity contribution in [1.82, 2.24) is 20.3 Å². The Morgan fingerprint density at radius 3 is 2.52 bits per heavy atom. The molecule has 0 bridgehead atoms. The predicted molar refractivity (Wildman–Crippen MR) is 79.4 cm³/mol. The van der Waals surface area contributed by atoms with E-state index < -0.39 is 23.5 Å². The number of aromatic nitrogens is 3. The Morgan fingerprint density at radius 2 is 1.87 bits per heavy atom. The fraction of sp³-hybridized carbons (Fsp3) is 0.500. The van der Waals surface area contributed by atoms with Gasteiger partial charge in [0.1, 0.15) is 17.5 Å². The molecule has 7 heteroatoms. The van der Waals surface area contributed by atoms with Gasteiger partial charge in [0.15, 0.2) is 0 Å². The third-order valence-electron chi connectivity index (χ3n) is 4.37. The van der Waals surface area contributed by atoms with Crippen LogP contribution in [0.1, 0.15) is 37.1 Å². The summed E-state index contributed by atoms with van der Waals surface area (Å²) < 4.78 is 42.2. The minimum absolute atomic E-state index is 0.204. The van der Waals surface area contributed by atoms with Gasteiger partial charge in [0.25, 0.3) is 0 Å². The Kier molecular flexibility index (Phi) is 4.66. The van der Waals surface area contributed by atoms with Crippen LogP contribution in [-0.2, 0) is 6.42 Å². The van der Waals surface area contributed by atoms with Gasteiger partial charge in [-0.3, -0.25) is 0 Å². The number of benzene rings is 1. The average molecular weight is 324 g/mol. The maximum Gasteiger partial charge on any atom is 0.134 e. The third kappa shape index (κ3) is 3.55. The first-order valence-corrected chi connectivity index (χ1v) is 7.80. The molecule has 0 amide bonds. The van der Waals surface area contributed by atoms with Crippen LogP contribution in [-0.4, -0.2) is 28.1 Å². The van der Waals surface area contributed by atoms with Crippen LogP contribution in [0, 0.1) is 23.4 Å². The van der Waals surface area contributed by atoms with Crippen molar-refractivity contribution in [3.05, 3.63) is 47.0 Å². The topological polar surface area (TPSA) is 42.7 Å². The van der Waals surface area contributed by atoms with Crippen molar-refractivity contribution in [2.24, 2.45) is 5.92 Å². The van der Waals surface area contributed by atoms with Gasteiger partial charge in [-0.2, -0.15) is 0 Å². The molecule has 2 aromatic rings. The highest BCUT2D eigenvalue weighted by atomic mass is 19.1. The Labute approximate surface area is 132 Å². The molecule has 1 aromatic carbocycles. The zero-order valence-corrected chi connectivity index (χ0v) is 12.9. The summed E-state index contributed by atoms with van der Waals surface area (Å²) in [5.41, 5.74) is 0.608. The molecule has 1 aromatic heterocycles. The number of nitrogens with one attached hydrogen (secondary N) is 1. The molecule has 23 heavy (non-hydrogen) atoms. The summed E-state index contributed by atoms with van der Waals surface area (Å²) in [6, 6.07) is 0.675. The lowest BCUT2D eigenvalue weighted by atomic mass is 9.93. The van der Waals surface area contributed by atoms with Gasteiger partial charge in [-0.25, -0.2) is 17.9 Å². The monoisotopic (exact) mass is 324 g/mol. The van der Waals surface area contributed by atoms with Crippen LogP contribution in [0.15, 0.2) is 18.3 Å². The number of halogens is 3. The molecular formula is C16H19F3N4. The number of hydrogen-bond donors (Lipinski definition) is 1. The first-order valence-electron chi connectivity index (χ1n) is 7.80. The molecular weight excluding hydrogens is 305 g/mol. The zero-order valence-electron chi connectivity index (χ0n) is 12.9. The third-order valence-corrected chi connectivity index (χ3v) is 4.37. The van der Waals surface area contributed by atoms with E-state index in [0.29, 0.717) is 18.1 Å². The Bertz CT molecular complexity index is 657. The van der Waals surface area contributed by atoms with E-state index in [1.165, 1.54) is 4.68 Å². The van der Waals surface area contributed by atoms with Crippen molar-refractivity contribution in [2.75, 3.05) is 13.1 Å². The zero-order chi connectivity index (χ0) is 16.4. The Hall–Kier alpha value is -1.89. The number of rotatable bonds is 4. The summed E-state index contributed by atoms with van der Waals surface area (Å²) in [4.78, 5) is 0. The molecule has 0 spiro atoms. The number of piperidine rings is 1. The molecule has 1 fully saturated rings. The minimum atomic E-state index is -0.930. The van der Waals surface area contributed by atoms with Crippen molar-refractivity contribution >= 4 is 0 Å². The molecule has 124 valence electrons. The second kappa shape index (κ2) is 6.70. The predicted octanol–water partition coefficient (Wildman–Crippen LogP) is 2.85. The Morgan fingerprint density at radius 1 is 1.22 bits per heavy atom. The fourth-order valence-corrected chi connectivity index (χ4v) is 3.06. The lowest BCUT2D eigenvalue weighted by Crippen LogP contribution is -2.28. The molecule has 0 radical (unpaired) electrons. The van der Waals surface area contributed by atoms with Gasteiger partial charge in [0, 0.05) is 23.9 Å². The van der Waals surface area contributed by atoms with E-state index in [4.69, 9.17) is 0 Å². The van der Waals surface area contributed by atoms with Crippen molar-refractivity contribution in [2.45, 2.75) is 32.2 Å². The van der Waals surface area contributed by atoms with E-state index in [2.05, 4.69) is 15.6 Å². The normalized spacial score (nSPS) is 17.4. The van der Waals surface area contributed by atoms with E-state index in [-0.39, 0.29) is 5.56 Å². The highest BCUT2D eigenvalue weighted by molar-refractivity contribution is 5.24. The second-order valence-electron chi connectivity index (χ2n) is 6.05. The average Bonchev–Trinajstić information content (AvgIpc) is 2.95. The summed E-state index contributed by atoms with van der Waals surface area (Å²) in [5.74, 6) is -2.20. The van der Waals surface area contributed by atoms with Gasteiger partial charge in [0.2, 0.25) is 0 Å². The second-order valence-corrected chi connectivity index (χ2v) is 6.05. The number of nitrogens with zero attached hydrogens (tertiary/aromatic N) is 3. The highest BCUT2D eigenvalue weighted by Gasteiger charge is 2.21. The molecule has 1 saturated heterocycles. The van der Waals surface area contributed by atoms with E-state index in [9.17, 15) is 13.2 Å². The largest absolute Gasteiger partial charge is 0.317 e. The molecule has 3 rings (SSSR count). The summed E-state index contributed by atoms with van der Waals surface area (Å²) in [7, 11) is 0. The van der Waals surface area contributed by atoms with Crippen molar-refractivity contribution in [3.63, 3.8) is 0 Å². The van der Waals surface area contributed by atoms with Crippen LogP contribution in [0.5, 0.6) is 0 Å². The summed E-state index contributed by atoms with van der Waals surface area (Å²) in [6.45, 7) is 3.62. The van der Waals surface area contributed by atoms with Crippen molar-refractivity contribution < 1.29 is 13.2 Å². The van der Waals surface area contributed by atoms with Crippen molar-refractivity contribution in [3.8, 4) is 0 Å². The SMILES string of the molecule is C[C@@H](c1c(F)cc(F)cc1F)n1cc(CC2CCNCC2)nn1. The van der Waals surface area contributed by atoms with E-state index in [0.717, 1.165) is 38.0 Å². The van der Waals surface area contributed by atoms with Crippen LogP contribution >= 0.6 is 0 Å². The molecule has 0 aliphatic carbocycles. The van der Waals surface area contributed by atoms with E-state index >= 15 is 0 Å². The van der Waals surface area contributed by atoms with Crippen LogP contribution in [0.4, 0.5) is 13.2 Å². The van der Waals surface area contributed by atoms with Crippen LogP contribution in [0.3, 0.4) is 0 Å². The van der Waals surface area contributed by atoms with E-state index in [1.54, 1.807) is 13.1 Å². The molecule has 2 heterocycles. The maximum atomic E-state index is 13.9. The first-order chi connectivity index (χ1) is 11.0. The molecule has 0 unspecified atom stereocenters. The fourth-order valence-electron chi connectivity index (χ4n) is 3.06. The van der Waals surface area contributed by atoms with Crippen LogP contribution in [0.2, 0.25) is 0 Å².